The molecule has 0 amide bonds. The van der Waals surface area contributed by atoms with Gasteiger partial charge in [-0.15, -0.1) is 0 Å². The zero-order valence-electron chi connectivity index (χ0n) is 11.4. The Bertz CT molecular complexity index is 367. The summed E-state index contributed by atoms with van der Waals surface area (Å²) in [4.78, 5) is 0. The summed E-state index contributed by atoms with van der Waals surface area (Å²) in [6, 6.07) is 0.403. The Kier molecular flexibility index (Phi) is 4.60. The number of hydrogen-bond donors (Lipinski definition) is 1. The van der Waals surface area contributed by atoms with Gasteiger partial charge < -0.3 is 14.8 Å². The van der Waals surface area contributed by atoms with E-state index in [0.717, 1.165) is 31.7 Å². The largest absolute Gasteiger partial charge is 0.484 e. The van der Waals surface area contributed by atoms with Gasteiger partial charge in [0, 0.05) is 25.6 Å². The van der Waals surface area contributed by atoms with Gasteiger partial charge in [-0.1, -0.05) is 6.92 Å². The van der Waals surface area contributed by atoms with E-state index in [2.05, 4.69) is 17.3 Å². The number of hydrogen-bond acceptors (Lipinski definition) is 4. The highest BCUT2D eigenvalue weighted by Crippen LogP contribution is 2.28. The van der Waals surface area contributed by atoms with Gasteiger partial charge in [-0.2, -0.15) is 5.10 Å². The highest BCUT2D eigenvalue weighted by Gasteiger charge is 2.42. The quantitative estimate of drug-likeness (QED) is 0.799. The molecule has 0 spiro atoms. The van der Waals surface area contributed by atoms with Crippen molar-refractivity contribution < 1.29 is 9.47 Å². The van der Waals surface area contributed by atoms with Crippen molar-refractivity contribution in [3.63, 3.8) is 0 Å². The van der Waals surface area contributed by atoms with E-state index >= 15 is 0 Å². The Balaban J connectivity index is 1.88. The Hall–Kier alpha value is -1.07. The van der Waals surface area contributed by atoms with Gasteiger partial charge in [0.2, 0.25) is 0 Å². The molecule has 0 aromatic carbocycles. The molecule has 1 aromatic rings. The molecule has 0 bridgehead atoms. The minimum Gasteiger partial charge on any atom is -0.484 e. The van der Waals surface area contributed by atoms with Crippen molar-refractivity contribution in [3.05, 3.63) is 12.4 Å². The fraction of sp³-hybridized carbons (Fsp3) is 0.769. The summed E-state index contributed by atoms with van der Waals surface area (Å²) in [5.41, 5.74) is 0. The minimum atomic E-state index is 0.140. The second-order valence-electron chi connectivity index (χ2n) is 4.65. The molecule has 1 fully saturated rings. The van der Waals surface area contributed by atoms with Gasteiger partial charge in [0.25, 0.3) is 0 Å². The van der Waals surface area contributed by atoms with E-state index in [4.69, 9.17) is 9.47 Å². The van der Waals surface area contributed by atoms with Gasteiger partial charge in [-0.05, 0) is 20.4 Å². The van der Waals surface area contributed by atoms with Crippen molar-refractivity contribution in [2.75, 3.05) is 13.7 Å². The molecule has 5 heteroatoms. The lowest BCUT2D eigenvalue weighted by atomic mass is 9.85. The van der Waals surface area contributed by atoms with Crippen LogP contribution in [0.5, 0.6) is 5.75 Å². The van der Waals surface area contributed by atoms with Gasteiger partial charge in [0.05, 0.1) is 12.4 Å². The summed E-state index contributed by atoms with van der Waals surface area (Å²) < 4.78 is 13.5. The molecular weight excluding hydrogens is 230 g/mol. The predicted molar refractivity (Wildman–Crippen MR) is 69.8 cm³/mol. The summed E-state index contributed by atoms with van der Waals surface area (Å²) in [6.07, 6.45) is 6.09. The molecule has 1 heterocycles. The molecule has 1 aliphatic carbocycles. The smallest absolute Gasteiger partial charge is 0.157 e. The maximum absolute atomic E-state index is 5.93. The summed E-state index contributed by atoms with van der Waals surface area (Å²) >= 11 is 0. The number of likely N-dealkylation sites (N-methyl/N-ethyl adjacent to an activating group) is 1. The first-order valence-electron chi connectivity index (χ1n) is 6.76. The van der Waals surface area contributed by atoms with Crippen molar-refractivity contribution in [3.8, 4) is 5.75 Å². The summed E-state index contributed by atoms with van der Waals surface area (Å²) in [7, 11) is 1.96. The summed E-state index contributed by atoms with van der Waals surface area (Å²) in [5, 5.41) is 7.51. The van der Waals surface area contributed by atoms with Crippen LogP contribution in [0.15, 0.2) is 12.4 Å². The van der Waals surface area contributed by atoms with Crippen molar-refractivity contribution in [2.24, 2.45) is 0 Å². The van der Waals surface area contributed by atoms with Crippen molar-refractivity contribution in [2.45, 2.75) is 51.5 Å². The Morgan fingerprint density at radius 2 is 2.33 bits per heavy atom. The van der Waals surface area contributed by atoms with Crippen LogP contribution in [0.25, 0.3) is 0 Å². The van der Waals surface area contributed by atoms with Crippen LogP contribution in [0.2, 0.25) is 0 Å². The van der Waals surface area contributed by atoms with Crippen molar-refractivity contribution in [1.29, 1.82) is 0 Å². The van der Waals surface area contributed by atoms with Crippen LogP contribution in [0, 0.1) is 0 Å². The fourth-order valence-electron chi connectivity index (χ4n) is 2.33. The first-order valence-corrected chi connectivity index (χ1v) is 6.76. The zero-order valence-corrected chi connectivity index (χ0v) is 11.4. The predicted octanol–water partition coefficient (Wildman–Crippen LogP) is 1.44. The van der Waals surface area contributed by atoms with Crippen LogP contribution in [0.1, 0.15) is 26.7 Å². The Labute approximate surface area is 108 Å². The van der Waals surface area contributed by atoms with Crippen LogP contribution in [0.3, 0.4) is 0 Å². The van der Waals surface area contributed by atoms with Crippen LogP contribution in [-0.4, -0.2) is 41.7 Å². The lowest BCUT2D eigenvalue weighted by molar-refractivity contribution is -0.103. The first kappa shape index (κ1) is 13.4. The average Bonchev–Trinajstić information content (AvgIpc) is 2.79. The monoisotopic (exact) mass is 253 g/mol. The molecule has 1 N–H and O–H groups in total. The van der Waals surface area contributed by atoms with Crippen LogP contribution in [0.4, 0.5) is 0 Å². The van der Waals surface area contributed by atoms with Crippen molar-refractivity contribution >= 4 is 0 Å². The molecule has 3 unspecified atom stereocenters. The molecule has 1 aliphatic rings. The van der Waals surface area contributed by atoms with Gasteiger partial charge >= 0.3 is 0 Å². The third-order valence-electron chi connectivity index (χ3n) is 3.33. The van der Waals surface area contributed by atoms with E-state index in [1.807, 2.05) is 24.9 Å². The standard InChI is InChI=1S/C13H23N3O2/c1-4-6-16-9-10(8-15-16)18-12-7-11(14-3)13(12)17-5-2/h8-9,11-14H,4-7H2,1-3H3. The van der Waals surface area contributed by atoms with E-state index < -0.39 is 0 Å². The van der Waals surface area contributed by atoms with Crippen LogP contribution in [-0.2, 0) is 11.3 Å². The summed E-state index contributed by atoms with van der Waals surface area (Å²) in [6.45, 7) is 5.80. The Morgan fingerprint density at radius 1 is 1.50 bits per heavy atom. The number of ether oxygens (including phenoxy) is 2. The topological polar surface area (TPSA) is 48.3 Å². The van der Waals surface area contributed by atoms with Crippen LogP contribution < -0.4 is 10.1 Å². The zero-order chi connectivity index (χ0) is 13.0. The van der Waals surface area contributed by atoms with E-state index in [1.165, 1.54) is 0 Å². The SMILES string of the molecule is CCCn1cc(OC2CC(NC)C2OCC)cn1. The van der Waals surface area contributed by atoms with Gasteiger partial charge in [-0.25, -0.2) is 0 Å². The number of aryl methyl sites for hydroxylation is 1. The summed E-state index contributed by atoms with van der Waals surface area (Å²) in [5.74, 6) is 0.840. The molecule has 0 aliphatic heterocycles. The van der Waals surface area contributed by atoms with Gasteiger partial charge in [0.15, 0.2) is 5.75 Å². The maximum atomic E-state index is 5.93. The number of nitrogens with zero attached hydrogens (tertiary/aromatic N) is 2. The molecular formula is C13H23N3O2. The third kappa shape index (κ3) is 2.84. The minimum absolute atomic E-state index is 0.140. The van der Waals surface area contributed by atoms with E-state index in [9.17, 15) is 0 Å². The molecule has 3 atom stereocenters. The van der Waals surface area contributed by atoms with E-state index in [1.54, 1.807) is 6.20 Å². The maximum Gasteiger partial charge on any atom is 0.157 e. The van der Waals surface area contributed by atoms with Gasteiger partial charge in [0.1, 0.15) is 12.2 Å². The van der Waals surface area contributed by atoms with Gasteiger partial charge in [-0.3, -0.25) is 4.68 Å². The third-order valence-corrected chi connectivity index (χ3v) is 3.33. The number of aromatic nitrogens is 2. The molecule has 5 nitrogen and oxygen atoms in total. The van der Waals surface area contributed by atoms with Crippen LogP contribution >= 0.6 is 0 Å². The lowest BCUT2D eigenvalue weighted by Gasteiger charge is -2.43. The number of rotatable bonds is 7. The molecule has 102 valence electrons. The second kappa shape index (κ2) is 6.20. The molecule has 0 saturated heterocycles. The first-order chi connectivity index (χ1) is 8.78. The number of nitrogens with one attached hydrogen (secondary N) is 1. The highest BCUT2D eigenvalue weighted by molar-refractivity contribution is 5.14. The van der Waals surface area contributed by atoms with Crippen molar-refractivity contribution in [1.82, 2.24) is 15.1 Å². The highest BCUT2D eigenvalue weighted by atomic mass is 16.5. The molecule has 1 saturated carbocycles. The Morgan fingerprint density at radius 3 is 3.00 bits per heavy atom. The molecule has 2 rings (SSSR count). The van der Waals surface area contributed by atoms with E-state index in [-0.39, 0.29) is 12.2 Å². The van der Waals surface area contributed by atoms with E-state index in [0.29, 0.717) is 6.04 Å². The molecule has 0 radical (unpaired) electrons. The molecule has 1 aromatic heterocycles. The lowest BCUT2D eigenvalue weighted by Crippen LogP contribution is -2.60. The normalized spacial score (nSPS) is 26.9. The second-order valence-corrected chi connectivity index (χ2v) is 4.65. The average molecular weight is 253 g/mol. The molecule has 18 heavy (non-hydrogen) atoms. The fourth-order valence-corrected chi connectivity index (χ4v) is 2.33.